The standard InChI is InChI=1S/C7H6INO2/c8-5-3-4(7(10)11)1-2-6(5)9/h1-3H,9H2,(H,10,11)/p-1. The van der Waals surface area contributed by atoms with Gasteiger partial charge in [-0.05, 0) is 40.3 Å². The third kappa shape index (κ3) is 1.83. The molecule has 0 aromatic heterocycles. The van der Waals surface area contributed by atoms with Crippen LogP contribution in [-0.4, -0.2) is 5.97 Å². The van der Waals surface area contributed by atoms with Crippen LogP contribution in [0.5, 0.6) is 0 Å². The van der Waals surface area contributed by atoms with Crippen LogP contribution in [0.15, 0.2) is 18.2 Å². The number of anilines is 1. The van der Waals surface area contributed by atoms with Crippen molar-refractivity contribution in [2.45, 2.75) is 0 Å². The Bertz CT molecular complexity index is 298. The number of carbonyl (C=O) groups excluding carboxylic acids is 1. The quantitative estimate of drug-likeness (QED) is 0.582. The number of benzene rings is 1. The molecule has 0 bridgehead atoms. The first kappa shape index (κ1) is 8.32. The highest BCUT2D eigenvalue weighted by Crippen LogP contribution is 2.15. The second-order valence-corrected chi connectivity index (χ2v) is 3.19. The molecule has 0 heterocycles. The highest BCUT2D eigenvalue weighted by Gasteiger charge is 1.97. The van der Waals surface area contributed by atoms with Crippen molar-refractivity contribution < 1.29 is 9.90 Å². The first-order chi connectivity index (χ1) is 5.11. The van der Waals surface area contributed by atoms with Gasteiger partial charge in [0.25, 0.3) is 0 Å². The summed E-state index contributed by atoms with van der Waals surface area (Å²) in [4.78, 5) is 10.3. The van der Waals surface area contributed by atoms with Crippen LogP contribution in [0.3, 0.4) is 0 Å². The number of aromatic carboxylic acids is 1. The van der Waals surface area contributed by atoms with Crippen LogP contribution in [-0.2, 0) is 0 Å². The van der Waals surface area contributed by atoms with Crippen molar-refractivity contribution in [2.75, 3.05) is 5.73 Å². The Kier molecular flexibility index (Phi) is 2.33. The predicted octanol–water partition coefficient (Wildman–Crippen LogP) is 0.237. The number of carboxylic acid groups (broad SMARTS) is 1. The highest BCUT2D eigenvalue weighted by molar-refractivity contribution is 14.1. The lowest BCUT2D eigenvalue weighted by Gasteiger charge is -2.03. The zero-order valence-electron chi connectivity index (χ0n) is 5.50. The molecule has 2 N–H and O–H groups in total. The Morgan fingerprint density at radius 1 is 1.55 bits per heavy atom. The zero-order chi connectivity index (χ0) is 8.43. The van der Waals surface area contributed by atoms with Crippen molar-refractivity contribution in [3.63, 3.8) is 0 Å². The fraction of sp³-hybridized carbons (Fsp3) is 0. The number of carbonyl (C=O) groups is 1. The summed E-state index contributed by atoms with van der Waals surface area (Å²) < 4.78 is 0.726. The van der Waals surface area contributed by atoms with Gasteiger partial charge >= 0.3 is 0 Å². The molecule has 0 amide bonds. The molecule has 0 radical (unpaired) electrons. The summed E-state index contributed by atoms with van der Waals surface area (Å²) in [7, 11) is 0. The highest BCUT2D eigenvalue weighted by atomic mass is 127. The lowest BCUT2D eigenvalue weighted by Crippen LogP contribution is -2.22. The second-order valence-electron chi connectivity index (χ2n) is 2.02. The third-order valence-corrected chi connectivity index (χ3v) is 2.17. The maximum Gasteiger partial charge on any atom is 0.0715 e. The Hall–Kier alpha value is -0.780. The number of nitrogen functional groups attached to an aromatic ring is 1. The fourth-order valence-electron chi connectivity index (χ4n) is 0.654. The van der Waals surface area contributed by atoms with Crippen molar-refractivity contribution >= 4 is 34.2 Å². The zero-order valence-corrected chi connectivity index (χ0v) is 7.66. The lowest BCUT2D eigenvalue weighted by atomic mass is 10.2. The summed E-state index contributed by atoms with van der Waals surface area (Å²) in [5.74, 6) is -1.18. The topological polar surface area (TPSA) is 66.2 Å². The Balaban J connectivity index is 3.15. The van der Waals surface area contributed by atoms with Crippen LogP contribution in [0.25, 0.3) is 0 Å². The normalized spacial score (nSPS) is 9.55. The molecule has 0 unspecified atom stereocenters. The summed E-state index contributed by atoms with van der Waals surface area (Å²) in [5, 5.41) is 10.3. The number of rotatable bonds is 1. The first-order valence-electron chi connectivity index (χ1n) is 2.87. The first-order valence-corrected chi connectivity index (χ1v) is 3.95. The van der Waals surface area contributed by atoms with Gasteiger partial charge in [0, 0.05) is 9.26 Å². The molecule has 1 rings (SSSR count). The van der Waals surface area contributed by atoms with Crippen LogP contribution in [0.1, 0.15) is 10.4 Å². The average Bonchev–Trinajstić information content (AvgIpc) is 1.94. The molecule has 0 saturated heterocycles. The molecule has 0 aliphatic rings. The summed E-state index contributed by atoms with van der Waals surface area (Å²) in [6.45, 7) is 0. The Morgan fingerprint density at radius 2 is 2.18 bits per heavy atom. The Labute approximate surface area is 77.4 Å². The monoisotopic (exact) mass is 262 g/mol. The molecular weight excluding hydrogens is 257 g/mol. The van der Waals surface area contributed by atoms with Gasteiger partial charge in [0.2, 0.25) is 0 Å². The molecule has 0 aliphatic heterocycles. The molecule has 1 aromatic carbocycles. The number of carboxylic acids is 1. The van der Waals surface area contributed by atoms with E-state index in [4.69, 9.17) is 5.73 Å². The summed E-state index contributed by atoms with van der Waals surface area (Å²) in [5.41, 5.74) is 6.20. The van der Waals surface area contributed by atoms with Crippen molar-refractivity contribution in [1.29, 1.82) is 0 Å². The number of halogens is 1. The average molecular weight is 262 g/mol. The summed E-state index contributed by atoms with van der Waals surface area (Å²) in [6.07, 6.45) is 0. The van der Waals surface area contributed by atoms with Gasteiger partial charge in [-0.3, -0.25) is 0 Å². The van der Waals surface area contributed by atoms with Gasteiger partial charge in [-0.2, -0.15) is 0 Å². The van der Waals surface area contributed by atoms with Crippen molar-refractivity contribution in [3.8, 4) is 0 Å². The SMILES string of the molecule is Nc1ccc(C(=O)[O-])cc1I. The molecule has 0 aliphatic carbocycles. The smallest absolute Gasteiger partial charge is 0.0715 e. The lowest BCUT2D eigenvalue weighted by molar-refractivity contribution is -0.255. The van der Waals surface area contributed by atoms with Crippen LogP contribution < -0.4 is 10.8 Å². The minimum Gasteiger partial charge on any atom is -0.545 e. The van der Waals surface area contributed by atoms with E-state index in [1.165, 1.54) is 12.1 Å². The molecule has 1 aromatic rings. The van der Waals surface area contributed by atoms with Crippen molar-refractivity contribution in [1.82, 2.24) is 0 Å². The number of hydrogen-bond acceptors (Lipinski definition) is 3. The molecule has 58 valence electrons. The van der Waals surface area contributed by atoms with E-state index in [9.17, 15) is 9.90 Å². The van der Waals surface area contributed by atoms with Crippen LogP contribution >= 0.6 is 22.6 Å². The van der Waals surface area contributed by atoms with E-state index in [1.807, 2.05) is 22.6 Å². The van der Waals surface area contributed by atoms with E-state index in [0.29, 0.717) is 5.69 Å². The van der Waals surface area contributed by atoms with Crippen molar-refractivity contribution in [3.05, 3.63) is 27.3 Å². The van der Waals surface area contributed by atoms with Gasteiger partial charge in [0.05, 0.1) is 5.97 Å². The van der Waals surface area contributed by atoms with Crippen LogP contribution in [0.4, 0.5) is 5.69 Å². The minimum atomic E-state index is -1.18. The molecular formula is C7H5INO2-. The fourth-order valence-corrected chi connectivity index (χ4v) is 1.17. The molecule has 0 spiro atoms. The maximum absolute atomic E-state index is 10.3. The third-order valence-electron chi connectivity index (χ3n) is 1.24. The van der Waals surface area contributed by atoms with Gasteiger partial charge in [0.15, 0.2) is 0 Å². The Morgan fingerprint density at radius 3 is 2.64 bits per heavy atom. The molecule has 0 fully saturated rings. The number of nitrogens with two attached hydrogens (primary N) is 1. The van der Waals surface area contributed by atoms with Gasteiger partial charge < -0.3 is 15.6 Å². The van der Waals surface area contributed by atoms with E-state index >= 15 is 0 Å². The predicted molar refractivity (Wildman–Crippen MR) is 47.9 cm³/mol. The van der Waals surface area contributed by atoms with E-state index in [0.717, 1.165) is 3.57 Å². The van der Waals surface area contributed by atoms with Gasteiger partial charge in [-0.1, -0.05) is 6.07 Å². The molecule has 3 nitrogen and oxygen atoms in total. The molecule has 11 heavy (non-hydrogen) atoms. The largest absolute Gasteiger partial charge is 0.545 e. The van der Waals surface area contributed by atoms with E-state index in [1.54, 1.807) is 6.07 Å². The molecule has 4 heteroatoms. The molecule has 0 atom stereocenters. The van der Waals surface area contributed by atoms with E-state index < -0.39 is 5.97 Å². The second kappa shape index (κ2) is 3.08. The van der Waals surface area contributed by atoms with Gasteiger partial charge in [0.1, 0.15) is 0 Å². The van der Waals surface area contributed by atoms with Crippen molar-refractivity contribution in [2.24, 2.45) is 0 Å². The minimum absolute atomic E-state index is 0.156. The van der Waals surface area contributed by atoms with E-state index in [2.05, 4.69) is 0 Å². The summed E-state index contributed by atoms with van der Waals surface area (Å²) in [6, 6.07) is 4.45. The van der Waals surface area contributed by atoms with E-state index in [-0.39, 0.29) is 5.56 Å². The summed E-state index contributed by atoms with van der Waals surface area (Å²) >= 11 is 1.97. The van der Waals surface area contributed by atoms with Gasteiger partial charge in [-0.25, -0.2) is 0 Å². The maximum atomic E-state index is 10.3. The van der Waals surface area contributed by atoms with Crippen LogP contribution in [0, 0.1) is 3.57 Å². The molecule has 0 saturated carbocycles. The van der Waals surface area contributed by atoms with Gasteiger partial charge in [-0.15, -0.1) is 0 Å². The van der Waals surface area contributed by atoms with Crippen LogP contribution in [0.2, 0.25) is 0 Å². The number of hydrogen-bond donors (Lipinski definition) is 1.